The molecule has 0 amide bonds. The van der Waals surface area contributed by atoms with Crippen molar-refractivity contribution in [1.29, 1.82) is 5.41 Å². The second kappa shape index (κ2) is 4.96. The zero-order chi connectivity index (χ0) is 13.1. The minimum absolute atomic E-state index is 0.510. The Balaban J connectivity index is 2.53. The van der Waals surface area contributed by atoms with Gasteiger partial charge in [0.15, 0.2) is 0 Å². The highest BCUT2D eigenvalue weighted by Crippen LogP contribution is 2.22. The van der Waals surface area contributed by atoms with E-state index in [1.165, 1.54) is 0 Å². The molecule has 0 saturated carbocycles. The fourth-order valence-electron chi connectivity index (χ4n) is 1.78. The van der Waals surface area contributed by atoms with Crippen LogP contribution in [0.4, 0.5) is 5.69 Å². The van der Waals surface area contributed by atoms with E-state index in [9.17, 15) is 0 Å². The van der Waals surface area contributed by atoms with Gasteiger partial charge in [0, 0.05) is 24.5 Å². The van der Waals surface area contributed by atoms with Gasteiger partial charge in [-0.3, -0.25) is 9.97 Å². The van der Waals surface area contributed by atoms with Crippen LogP contribution in [0, 0.1) is 12.3 Å². The van der Waals surface area contributed by atoms with Crippen LogP contribution in [0.15, 0.2) is 30.6 Å². The van der Waals surface area contributed by atoms with Gasteiger partial charge < -0.3 is 10.7 Å². The summed E-state index contributed by atoms with van der Waals surface area (Å²) in [5.41, 5.74) is 4.99. The summed E-state index contributed by atoms with van der Waals surface area (Å²) in [5, 5.41) is 10.8. The van der Waals surface area contributed by atoms with Gasteiger partial charge in [0.25, 0.3) is 0 Å². The van der Waals surface area contributed by atoms with Crippen molar-refractivity contribution in [3.8, 4) is 11.4 Å². The van der Waals surface area contributed by atoms with E-state index in [-0.39, 0.29) is 0 Å². The van der Waals surface area contributed by atoms with Crippen LogP contribution in [0.5, 0.6) is 0 Å². The highest BCUT2D eigenvalue weighted by Gasteiger charge is 2.08. The van der Waals surface area contributed by atoms with Crippen molar-refractivity contribution < 1.29 is 0 Å². The summed E-state index contributed by atoms with van der Waals surface area (Å²) in [6, 6.07) is 5.84. The molecule has 0 atom stereocenters. The lowest BCUT2D eigenvalue weighted by Gasteiger charge is -2.09. The molecule has 0 spiro atoms. The van der Waals surface area contributed by atoms with Crippen molar-refractivity contribution >= 4 is 11.4 Å². The molecular weight excluding hydrogens is 224 g/mol. The third kappa shape index (κ3) is 2.37. The largest absolute Gasteiger partial charge is 0.386 e. The molecule has 0 aliphatic rings. The molecule has 0 aromatic carbocycles. The number of nitrogens with one attached hydrogen (secondary N) is 2. The van der Waals surface area contributed by atoms with E-state index in [0.717, 1.165) is 28.2 Å². The van der Waals surface area contributed by atoms with Crippen molar-refractivity contribution in [2.24, 2.45) is 0 Å². The Hall–Kier alpha value is -2.23. The fraction of sp³-hybridized carbons (Fsp3) is 0.214. The Morgan fingerprint density at radius 1 is 1.22 bits per heavy atom. The number of aromatic nitrogens is 2. The Morgan fingerprint density at radius 3 is 2.56 bits per heavy atom. The molecule has 0 aliphatic carbocycles. The lowest BCUT2D eigenvalue weighted by atomic mass is 10.1. The zero-order valence-corrected chi connectivity index (χ0v) is 10.8. The zero-order valence-electron chi connectivity index (χ0n) is 10.8. The third-order valence-electron chi connectivity index (χ3n) is 2.76. The van der Waals surface area contributed by atoms with Crippen LogP contribution in [0.25, 0.3) is 11.4 Å². The van der Waals surface area contributed by atoms with Crippen LogP contribution in [-0.4, -0.2) is 22.7 Å². The molecule has 2 heterocycles. The maximum absolute atomic E-state index is 7.79. The minimum Gasteiger partial charge on any atom is -0.386 e. The van der Waals surface area contributed by atoms with Gasteiger partial charge >= 0.3 is 0 Å². The van der Waals surface area contributed by atoms with Crippen molar-refractivity contribution in [3.63, 3.8) is 0 Å². The average molecular weight is 240 g/mol. The maximum atomic E-state index is 7.79. The van der Waals surface area contributed by atoms with Gasteiger partial charge in [0.05, 0.1) is 23.3 Å². The number of hydrogen-bond acceptors (Lipinski definition) is 4. The summed E-state index contributed by atoms with van der Waals surface area (Å²) in [6.07, 6.45) is 3.52. The van der Waals surface area contributed by atoms with Gasteiger partial charge in [-0.1, -0.05) is 0 Å². The molecule has 0 radical (unpaired) electrons. The Kier molecular flexibility index (Phi) is 3.37. The van der Waals surface area contributed by atoms with Gasteiger partial charge in [-0.05, 0) is 37.6 Å². The first-order chi connectivity index (χ1) is 8.61. The summed E-state index contributed by atoms with van der Waals surface area (Å²) in [4.78, 5) is 8.69. The second-order valence-electron chi connectivity index (χ2n) is 4.21. The lowest BCUT2D eigenvalue weighted by Crippen LogP contribution is -2.02. The van der Waals surface area contributed by atoms with Crippen molar-refractivity contribution in [3.05, 3.63) is 41.7 Å². The highest BCUT2D eigenvalue weighted by atomic mass is 14.9. The first-order valence-corrected chi connectivity index (χ1v) is 5.78. The first kappa shape index (κ1) is 12.2. The monoisotopic (exact) mass is 240 g/mol. The molecule has 0 saturated heterocycles. The summed E-state index contributed by atoms with van der Waals surface area (Å²) < 4.78 is 0. The topological polar surface area (TPSA) is 61.7 Å². The van der Waals surface area contributed by atoms with Gasteiger partial charge in [0.2, 0.25) is 0 Å². The predicted molar refractivity (Wildman–Crippen MR) is 74.3 cm³/mol. The summed E-state index contributed by atoms with van der Waals surface area (Å²) in [5.74, 6) is 0. The van der Waals surface area contributed by atoms with Crippen LogP contribution in [0.1, 0.15) is 18.1 Å². The molecule has 2 rings (SSSR count). The molecule has 18 heavy (non-hydrogen) atoms. The molecule has 0 bridgehead atoms. The van der Waals surface area contributed by atoms with Gasteiger partial charge in [-0.15, -0.1) is 0 Å². The molecule has 0 aliphatic heterocycles. The van der Waals surface area contributed by atoms with Crippen molar-refractivity contribution in [2.45, 2.75) is 13.8 Å². The molecule has 2 aromatic heterocycles. The molecule has 4 nitrogen and oxygen atoms in total. The number of anilines is 1. The van der Waals surface area contributed by atoms with Gasteiger partial charge in [-0.25, -0.2) is 0 Å². The van der Waals surface area contributed by atoms with Gasteiger partial charge in [0.1, 0.15) is 0 Å². The minimum atomic E-state index is 0.510. The van der Waals surface area contributed by atoms with Crippen LogP contribution in [0.3, 0.4) is 0 Å². The predicted octanol–water partition coefficient (Wildman–Crippen LogP) is 2.88. The number of hydrogen-bond donors (Lipinski definition) is 2. The lowest BCUT2D eigenvalue weighted by molar-refractivity contribution is 1.22. The molecule has 2 aromatic rings. The van der Waals surface area contributed by atoms with Crippen LogP contribution in [0.2, 0.25) is 0 Å². The van der Waals surface area contributed by atoms with Crippen molar-refractivity contribution in [1.82, 2.24) is 9.97 Å². The summed E-state index contributed by atoms with van der Waals surface area (Å²) in [7, 11) is 1.83. The van der Waals surface area contributed by atoms with E-state index in [2.05, 4.69) is 15.3 Å². The number of aryl methyl sites for hydroxylation is 1. The second-order valence-corrected chi connectivity index (χ2v) is 4.21. The van der Waals surface area contributed by atoms with E-state index in [0.29, 0.717) is 5.71 Å². The van der Waals surface area contributed by atoms with Crippen LogP contribution >= 0.6 is 0 Å². The van der Waals surface area contributed by atoms with E-state index < -0.39 is 0 Å². The third-order valence-corrected chi connectivity index (χ3v) is 2.76. The number of nitrogens with zero attached hydrogens (tertiary/aromatic N) is 2. The summed E-state index contributed by atoms with van der Waals surface area (Å²) >= 11 is 0. The Labute approximate surface area is 107 Å². The highest BCUT2D eigenvalue weighted by molar-refractivity contribution is 6.01. The smallest absolute Gasteiger partial charge is 0.0894 e. The first-order valence-electron chi connectivity index (χ1n) is 5.78. The fourth-order valence-corrected chi connectivity index (χ4v) is 1.78. The van der Waals surface area contributed by atoms with E-state index >= 15 is 0 Å². The molecular formula is C14H16N4. The quantitative estimate of drug-likeness (QED) is 0.811. The van der Waals surface area contributed by atoms with Gasteiger partial charge in [-0.2, -0.15) is 0 Å². The average Bonchev–Trinajstić information content (AvgIpc) is 2.38. The molecule has 0 fully saturated rings. The Morgan fingerprint density at radius 2 is 1.94 bits per heavy atom. The number of rotatable bonds is 3. The van der Waals surface area contributed by atoms with E-state index in [1.54, 1.807) is 19.3 Å². The van der Waals surface area contributed by atoms with E-state index in [4.69, 9.17) is 5.41 Å². The molecule has 92 valence electrons. The van der Waals surface area contributed by atoms with Crippen LogP contribution in [-0.2, 0) is 0 Å². The molecule has 4 heteroatoms. The standard InChI is InChI=1S/C14H16N4/c1-9-4-5-17-12(6-9)13-7-11(10(2)15)14(16-3)8-18-13/h4-8,15-16H,1-3H3. The van der Waals surface area contributed by atoms with Crippen LogP contribution < -0.4 is 5.32 Å². The Bertz CT molecular complexity index is 590. The SMILES string of the molecule is CNc1cnc(-c2cc(C)ccn2)cc1C(C)=N. The van der Waals surface area contributed by atoms with E-state index in [1.807, 2.05) is 32.2 Å². The maximum Gasteiger partial charge on any atom is 0.0894 e. The van der Waals surface area contributed by atoms with Crippen molar-refractivity contribution in [2.75, 3.05) is 12.4 Å². The normalized spacial score (nSPS) is 10.2. The molecule has 0 unspecified atom stereocenters. The molecule has 2 N–H and O–H groups in total. The number of pyridine rings is 2. The summed E-state index contributed by atoms with van der Waals surface area (Å²) in [6.45, 7) is 3.79.